The highest BCUT2D eigenvalue weighted by molar-refractivity contribution is 8.00. The minimum atomic E-state index is -1.14. The van der Waals surface area contributed by atoms with Crippen LogP contribution in [0.1, 0.15) is 58.8 Å². The monoisotopic (exact) mass is 1050 g/mol. The van der Waals surface area contributed by atoms with Gasteiger partial charge in [0.1, 0.15) is 35.5 Å². The van der Waals surface area contributed by atoms with Gasteiger partial charge < -0.3 is 25.5 Å². The molecular weight excluding hydrogens is 999 g/mol. The normalized spacial score (nSPS) is 15.4. The summed E-state index contributed by atoms with van der Waals surface area (Å²) in [5.74, 6) is -2.50. The number of fused-ring (bicyclic) bond motifs is 1. The highest BCUT2D eigenvalue weighted by Crippen LogP contribution is 2.44. The maximum Gasteiger partial charge on any atom is 0.356 e. The van der Waals surface area contributed by atoms with Gasteiger partial charge in [0.25, 0.3) is 11.8 Å². The Hall–Kier alpha value is -8.33. The number of thiocarbonyl (C=S) groups is 1. The van der Waals surface area contributed by atoms with Gasteiger partial charge in [-0.15, -0.1) is 23.1 Å². The Morgan fingerprint density at radius 2 is 1.39 bits per heavy atom. The van der Waals surface area contributed by atoms with E-state index in [2.05, 4.69) is 31.3 Å². The van der Waals surface area contributed by atoms with Gasteiger partial charge >= 0.3 is 17.1 Å². The molecule has 3 amide bonds. The first-order chi connectivity index (χ1) is 36.0. The Kier molecular flexibility index (Phi) is 15.5. The number of H-pyrrole nitrogens is 1. The molecule has 17 nitrogen and oxygen atoms in total. The SMILES string of the molecule is CON=C(C(=O)NC1C(=O)N2C(C(=O)OC(c3ccccc3)c3ccccc3)=C(CC(=S)c3n[nH]c(=O)c(=O)n3CCNC(C)=O)CSC12)c1csc(NC(c2ccccc2)(c2ccccc2)c2ccccc2)n1. The maximum atomic E-state index is 14.8. The molecule has 0 radical (unpaired) electrons. The summed E-state index contributed by atoms with van der Waals surface area (Å²) in [5.41, 5.74) is 1.58. The first kappa shape index (κ1) is 50.6. The van der Waals surface area contributed by atoms with Crippen LogP contribution in [0.25, 0.3) is 0 Å². The van der Waals surface area contributed by atoms with Crippen LogP contribution in [-0.2, 0) is 40.8 Å². The summed E-state index contributed by atoms with van der Waals surface area (Å²) in [6.07, 6.45) is -1.06. The standard InChI is InChI=1S/C54H47N9O8S3/c1-33(64)55-28-29-62-46(59-60-48(66)50(62)68)41(72)30-36-31-73-51-43(49(67)63(51)44(36)52(69)71-45(34-18-8-3-9-19-34)35-20-10-4-11-21-35)57-47(65)42(61-70-2)40-32-74-53(56-40)58-54(37-22-12-5-13-23-37,38-24-14-6-15-25-38)39-26-16-7-17-27-39/h3-27,32,43,45,51H,28-31H2,1-2H3,(H,55,64)(H,56,58)(H,57,65)(H,60,66). The van der Waals surface area contributed by atoms with Crippen molar-refractivity contribution in [2.24, 2.45) is 5.16 Å². The van der Waals surface area contributed by atoms with Crippen molar-refractivity contribution >= 4 is 74.7 Å². The lowest BCUT2D eigenvalue weighted by Gasteiger charge is -2.49. The molecule has 2 unspecified atom stereocenters. The number of amides is 3. The molecule has 5 aromatic carbocycles. The van der Waals surface area contributed by atoms with Crippen LogP contribution >= 0.6 is 35.3 Å². The second kappa shape index (κ2) is 22.6. The van der Waals surface area contributed by atoms with E-state index in [9.17, 15) is 28.8 Å². The van der Waals surface area contributed by atoms with Crippen molar-refractivity contribution in [2.45, 2.75) is 42.9 Å². The van der Waals surface area contributed by atoms with Crippen molar-refractivity contribution < 1.29 is 28.8 Å². The molecule has 2 aliphatic heterocycles. The van der Waals surface area contributed by atoms with Crippen LogP contribution in [-0.4, -0.2) is 89.7 Å². The number of thiazole rings is 1. The van der Waals surface area contributed by atoms with Crippen molar-refractivity contribution in [2.75, 3.05) is 24.7 Å². The Morgan fingerprint density at radius 3 is 1.93 bits per heavy atom. The summed E-state index contributed by atoms with van der Waals surface area (Å²) < 4.78 is 7.40. The second-order valence-electron chi connectivity index (χ2n) is 17.0. The average molecular weight is 1050 g/mol. The Balaban J connectivity index is 1.01. The third-order valence-corrected chi connectivity index (χ3v) is 14.7. The van der Waals surface area contributed by atoms with Crippen molar-refractivity contribution in [3.05, 3.63) is 228 Å². The van der Waals surface area contributed by atoms with E-state index >= 15 is 0 Å². The number of oxime groups is 1. The molecule has 9 rings (SSSR count). The van der Waals surface area contributed by atoms with E-state index < -0.39 is 52.0 Å². The molecule has 2 aliphatic rings. The number of carbonyl (C=O) groups is 4. The van der Waals surface area contributed by atoms with E-state index in [0.717, 1.165) is 21.3 Å². The fraction of sp³-hybridized carbons (Fsp3) is 0.185. The number of thioether (sulfide) groups is 1. The number of hydrogen-bond donors (Lipinski definition) is 4. The van der Waals surface area contributed by atoms with Crippen molar-refractivity contribution in [1.82, 2.24) is 35.3 Å². The Bertz CT molecular complexity index is 3250. The third-order valence-electron chi connectivity index (χ3n) is 12.3. The van der Waals surface area contributed by atoms with Crippen LogP contribution in [0, 0.1) is 0 Å². The second-order valence-corrected chi connectivity index (χ2v) is 19.4. The number of anilines is 1. The zero-order valence-electron chi connectivity index (χ0n) is 39.8. The van der Waals surface area contributed by atoms with Gasteiger partial charge in [-0.1, -0.05) is 169 Å². The molecule has 374 valence electrons. The highest BCUT2D eigenvalue weighted by atomic mass is 32.2. The predicted octanol–water partition coefficient (Wildman–Crippen LogP) is 6.07. The topological polar surface area (TPSA) is 219 Å². The molecule has 1 saturated heterocycles. The van der Waals surface area contributed by atoms with E-state index in [1.165, 1.54) is 42.0 Å². The number of benzene rings is 5. The van der Waals surface area contributed by atoms with Crippen LogP contribution < -0.4 is 27.1 Å². The molecule has 0 aliphatic carbocycles. The number of hydrogen-bond acceptors (Lipinski definition) is 15. The number of nitrogens with zero attached hydrogens (tertiary/aromatic N) is 5. The quantitative estimate of drug-likeness (QED) is 0.0106. The predicted molar refractivity (Wildman–Crippen MR) is 285 cm³/mol. The molecular formula is C54H47N9O8S3. The number of rotatable bonds is 19. The number of aromatic nitrogens is 4. The molecule has 0 saturated carbocycles. The summed E-state index contributed by atoms with van der Waals surface area (Å²) in [6, 6.07) is 47.0. The minimum Gasteiger partial charge on any atom is -0.448 e. The number of esters is 1. The maximum absolute atomic E-state index is 14.8. The van der Waals surface area contributed by atoms with Gasteiger partial charge in [0, 0.05) is 37.6 Å². The molecule has 1 fully saturated rings. The molecule has 4 N–H and O–H groups in total. The molecule has 0 spiro atoms. The zero-order chi connectivity index (χ0) is 51.8. The van der Waals surface area contributed by atoms with Gasteiger partial charge in [-0.3, -0.25) is 33.4 Å². The fourth-order valence-electron chi connectivity index (χ4n) is 8.91. The lowest BCUT2D eigenvalue weighted by atomic mass is 9.77. The summed E-state index contributed by atoms with van der Waals surface area (Å²) >= 11 is 8.39. The summed E-state index contributed by atoms with van der Waals surface area (Å²) in [6.45, 7) is 1.19. The van der Waals surface area contributed by atoms with Crippen molar-refractivity contribution in [3.63, 3.8) is 0 Å². The molecule has 4 heterocycles. The van der Waals surface area contributed by atoms with Crippen molar-refractivity contribution in [1.29, 1.82) is 0 Å². The van der Waals surface area contributed by atoms with E-state index in [-0.39, 0.29) is 59.0 Å². The highest BCUT2D eigenvalue weighted by Gasteiger charge is 2.55. The number of aromatic amines is 1. The number of ether oxygens (including phenoxy) is 1. The van der Waals surface area contributed by atoms with Gasteiger partial charge in [0.05, 0.1) is 4.86 Å². The molecule has 20 heteroatoms. The molecule has 0 bridgehead atoms. The first-order valence-corrected chi connectivity index (χ1v) is 25.6. The van der Waals surface area contributed by atoms with Gasteiger partial charge in [-0.25, -0.2) is 14.9 Å². The van der Waals surface area contributed by atoms with Crippen LogP contribution in [0.4, 0.5) is 5.13 Å². The number of β-lactam (4-membered cyclic amide) rings is 1. The Morgan fingerprint density at radius 1 is 0.838 bits per heavy atom. The molecule has 2 aromatic heterocycles. The van der Waals surface area contributed by atoms with E-state index in [1.807, 2.05) is 152 Å². The van der Waals surface area contributed by atoms with Crippen LogP contribution in [0.2, 0.25) is 0 Å². The van der Waals surface area contributed by atoms with Crippen LogP contribution in [0.15, 0.2) is 183 Å². The summed E-state index contributed by atoms with van der Waals surface area (Å²) in [4.78, 5) is 92.4. The van der Waals surface area contributed by atoms with Gasteiger partial charge in [-0.05, 0) is 33.4 Å². The average Bonchev–Trinajstić information content (AvgIpc) is 3.90. The molecule has 7 aromatic rings. The molecule has 74 heavy (non-hydrogen) atoms. The number of nitrogens with one attached hydrogen (secondary N) is 4. The number of carbonyl (C=O) groups excluding carboxylic acids is 4. The lowest BCUT2D eigenvalue weighted by molar-refractivity contribution is -0.154. The zero-order valence-corrected chi connectivity index (χ0v) is 42.2. The van der Waals surface area contributed by atoms with E-state index in [0.29, 0.717) is 21.8 Å². The van der Waals surface area contributed by atoms with E-state index in [4.69, 9.17) is 26.8 Å². The van der Waals surface area contributed by atoms with Crippen molar-refractivity contribution in [3.8, 4) is 0 Å². The molecule has 2 atom stereocenters. The summed E-state index contributed by atoms with van der Waals surface area (Å²) in [7, 11) is 1.30. The lowest BCUT2D eigenvalue weighted by Crippen LogP contribution is -2.71. The fourth-order valence-corrected chi connectivity index (χ4v) is 11.3. The van der Waals surface area contributed by atoms with Gasteiger partial charge in [0.2, 0.25) is 5.91 Å². The smallest absolute Gasteiger partial charge is 0.356 e. The van der Waals surface area contributed by atoms with Crippen LogP contribution in [0.5, 0.6) is 0 Å². The first-order valence-electron chi connectivity index (χ1n) is 23.3. The third kappa shape index (κ3) is 10.5. The summed E-state index contributed by atoms with van der Waals surface area (Å²) in [5, 5.41) is 20.9. The Labute approximate surface area is 437 Å². The largest absolute Gasteiger partial charge is 0.448 e. The van der Waals surface area contributed by atoms with Crippen LogP contribution in [0.3, 0.4) is 0 Å². The minimum absolute atomic E-state index is 0.00165. The van der Waals surface area contributed by atoms with Gasteiger partial charge in [0.15, 0.2) is 22.8 Å². The van der Waals surface area contributed by atoms with E-state index in [1.54, 1.807) is 5.38 Å². The van der Waals surface area contributed by atoms with Gasteiger partial charge in [-0.2, -0.15) is 5.10 Å².